The van der Waals surface area contributed by atoms with Gasteiger partial charge in [-0.15, -0.1) is 0 Å². The van der Waals surface area contributed by atoms with Crippen LogP contribution < -0.4 is 4.74 Å². The zero-order valence-corrected chi connectivity index (χ0v) is 11.8. The van der Waals surface area contributed by atoms with E-state index < -0.39 is 0 Å². The Kier molecular flexibility index (Phi) is 3.52. The molecule has 1 aromatic carbocycles. The standard InChI is InChI=1S/C13H17N3OS/c1-8-6-5-7-11(9(8)2)17-10(3)12-14-15-13(18)16(12)4/h5-7,10H,1-4H3,(H,15,18)/t10-/m0/s1. The van der Waals surface area contributed by atoms with E-state index in [1.165, 1.54) is 5.56 Å². The number of nitrogens with zero attached hydrogens (tertiary/aromatic N) is 2. The Hall–Kier alpha value is -1.62. The summed E-state index contributed by atoms with van der Waals surface area (Å²) < 4.78 is 8.38. The lowest BCUT2D eigenvalue weighted by molar-refractivity contribution is 0.210. The first kappa shape index (κ1) is 12.8. The molecule has 2 rings (SSSR count). The van der Waals surface area contributed by atoms with Gasteiger partial charge in [0.15, 0.2) is 16.7 Å². The molecule has 0 saturated heterocycles. The average molecular weight is 263 g/mol. The fourth-order valence-electron chi connectivity index (χ4n) is 1.82. The van der Waals surface area contributed by atoms with E-state index in [0.717, 1.165) is 17.1 Å². The van der Waals surface area contributed by atoms with Crippen LogP contribution in [0.2, 0.25) is 0 Å². The Morgan fingerprint density at radius 1 is 1.39 bits per heavy atom. The van der Waals surface area contributed by atoms with Crippen LogP contribution in [0.1, 0.15) is 30.0 Å². The monoisotopic (exact) mass is 263 g/mol. The molecule has 0 aliphatic heterocycles. The molecule has 96 valence electrons. The van der Waals surface area contributed by atoms with Crippen LogP contribution in [0.3, 0.4) is 0 Å². The summed E-state index contributed by atoms with van der Waals surface area (Å²) in [5, 5.41) is 6.95. The van der Waals surface area contributed by atoms with Gasteiger partial charge in [0.25, 0.3) is 0 Å². The van der Waals surface area contributed by atoms with E-state index in [9.17, 15) is 0 Å². The number of hydrogen-bond donors (Lipinski definition) is 1. The van der Waals surface area contributed by atoms with Crippen LogP contribution in [0.25, 0.3) is 0 Å². The van der Waals surface area contributed by atoms with Crippen molar-refractivity contribution in [2.24, 2.45) is 7.05 Å². The molecule has 0 radical (unpaired) electrons. The summed E-state index contributed by atoms with van der Waals surface area (Å²) in [4.78, 5) is 0. The fourth-order valence-corrected chi connectivity index (χ4v) is 1.96. The Morgan fingerprint density at radius 3 is 2.72 bits per heavy atom. The number of nitrogens with one attached hydrogen (secondary N) is 1. The number of aromatic amines is 1. The maximum Gasteiger partial charge on any atom is 0.195 e. The Balaban J connectivity index is 2.27. The predicted octanol–water partition coefficient (Wildman–Crippen LogP) is 3.23. The van der Waals surface area contributed by atoms with Crippen molar-refractivity contribution < 1.29 is 4.74 Å². The van der Waals surface area contributed by atoms with Gasteiger partial charge in [-0.1, -0.05) is 12.1 Å². The Labute approximate surface area is 112 Å². The number of rotatable bonds is 3. The molecule has 18 heavy (non-hydrogen) atoms. The first-order valence-electron chi connectivity index (χ1n) is 5.85. The molecule has 0 bridgehead atoms. The normalized spacial score (nSPS) is 12.4. The molecule has 4 nitrogen and oxygen atoms in total. The van der Waals surface area contributed by atoms with E-state index in [2.05, 4.69) is 30.1 Å². The number of hydrogen-bond acceptors (Lipinski definition) is 3. The molecule has 0 spiro atoms. The SMILES string of the molecule is Cc1cccc(O[C@@H](C)c2n[nH]c(=S)n2C)c1C. The first-order chi connectivity index (χ1) is 8.50. The van der Waals surface area contributed by atoms with Gasteiger partial charge >= 0.3 is 0 Å². The van der Waals surface area contributed by atoms with E-state index in [1.54, 1.807) is 0 Å². The molecule has 1 atom stereocenters. The van der Waals surface area contributed by atoms with Crippen LogP contribution in [-0.2, 0) is 7.05 Å². The van der Waals surface area contributed by atoms with Gasteiger partial charge in [-0.25, -0.2) is 0 Å². The van der Waals surface area contributed by atoms with Crippen molar-refractivity contribution in [3.05, 3.63) is 39.9 Å². The summed E-state index contributed by atoms with van der Waals surface area (Å²) in [6.07, 6.45) is -0.150. The van der Waals surface area contributed by atoms with Crippen LogP contribution in [-0.4, -0.2) is 14.8 Å². The van der Waals surface area contributed by atoms with Crippen LogP contribution in [0.4, 0.5) is 0 Å². The second-order valence-corrected chi connectivity index (χ2v) is 4.79. The largest absolute Gasteiger partial charge is 0.482 e. The Bertz CT molecular complexity index is 615. The minimum absolute atomic E-state index is 0.150. The van der Waals surface area contributed by atoms with Crippen LogP contribution in [0.15, 0.2) is 18.2 Å². The lowest BCUT2D eigenvalue weighted by Gasteiger charge is -2.16. The summed E-state index contributed by atoms with van der Waals surface area (Å²) in [7, 11) is 1.88. The van der Waals surface area contributed by atoms with E-state index in [-0.39, 0.29) is 6.10 Å². The summed E-state index contributed by atoms with van der Waals surface area (Å²) in [5.74, 6) is 1.68. The molecule has 2 aromatic rings. The van der Waals surface area contributed by atoms with Crippen LogP contribution in [0.5, 0.6) is 5.75 Å². The van der Waals surface area contributed by atoms with Gasteiger partial charge in [-0.2, -0.15) is 5.10 Å². The van der Waals surface area contributed by atoms with Crippen LogP contribution in [0, 0.1) is 18.6 Å². The number of aryl methyl sites for hydroxylation is 1. The van der Waals surface area contributed by atoms with Gasteiger partial charge in [0.2, 0.25) is 0 Å². The molecule has 0 saturated carbocycles. The lowest BCUT2D eigenvalue weighted by Crippen LogP contribution is -2.10. The van der Waals surface area contributed by atoms with Gasteiger partial charge in [0.1, 0.15) is 5.75 Å². The number of aromatic nitrogens is 3. The highest BCUT2D eigenvalue weighted by molar-refractivity contribution is 7.71. The van der Waals surface area contributed by atoms with E-state index in [4.69, 9.17) is 17.0 Å². The second kappa shape index (κ2) is 4.94. The molecule has 0 amide bonds. The molecule has 1 aromatic heterocycles. The molecular weight excluding hydrogens is 246 g/mol. The Morgan fingerprint density at radius 2 is 2.11 bits per heavy atom. The van der Waals surface area contributed by atoms with Crippen molar-refractivity contribution in [3.8, 4) is 5.75 Å². The van der Waals surface area contributed by atoms with Crippen molar-refractivity contribution in [2.75, 3.05) is 0 Å². The minimum atomic E-state index is -0.150. The zero-order chi connectivity index (χ0) is 13.3. The summed E-state index contributed by atoms with van der Waals surface area (Å²) >= 11 is 5.09. The van der Waals surface area contributed by atoms with Gasteiger partial charge < -0.3 is 9.30 Å². The van der Waals surface area contributed by atoms with E-state index in [0.29, 0.717) is 4.77 Å². The zero-order valence-electron chi connectivity index (χ0n) is 11.0. The van der Waals surface area contributed by atoms with Crippen molar-refractivity contribution in [2.45, 2.75) is 26.9 Å². The summed E-state index contributed by atoms with van der Waals surface area (Å²) in [5.41, 5.74) is 2.37. The molecular formula is C13H17N3OS. The molecule has 0 unspecified atom stereocenters. The van der Waals surface area contributed by atoms with Crippen molar-refractivity contribution in [1.29, 1.82) is 0 Å². The third-order valence-electron chi connectivity index (χ3n) is 3.14. The van der Waals surface area contributed by atoms with Crippen molar-refractivity contribution >= 4 is 12.2 Å². The molecule has 1 N–H and O–H groups in total. The quantitative estimate of drug-likeness (QED) is 0.864. The third-order valence-corrected chi connectivity index (χ3v) is 3.50. The average Bonchev–Trinajstić information content (AvgIpc) is 2.66. The van der Waals surface area contributed by atoms with Crippen molar-refractivity contribution in [1.82, 2.24) is 14.8 Å². The third kappa shape index (κ3) is 2.31. The maximum atomic E-state index is 5.96. The number of benzene rings is 1. The highest BCUT2D eigenvalue weighted by Crippen LogP contribution is 2.25. The maximum absolute atomic E-state index is 5.96. The van der Waals surface area contributed by atoms with Crippen molar-refractivity contribution in [3.63, 3.8) is 0 Å². The van der Waals surface area contributed by atoms with E-state index in [1.807, 2.05) is 30.7 Å². The topological polar surface area (TPSA) is 42.8 Å². The summed E-state index contributed by atoms with van der Waals surface area (Å²) in [6.45, 7) is 6.09. The highest BCUT2D eigenvalue weighted by Gasteiger charge is 2.15. The van der Waals surface area contributed by atoms with E-state index >= 15 is 0 Å². The van der Waals surface area contributed by atoms with Gasteiger partial charge in [-0.3, -0.25) is 5.10 Å². The minimum Gasteiger partial charge on any atom is -0.482 e. The smallest absolute Gasteiger partial charge is 0.195 e. The second-order valence-electron chi connectivity index (χ2n) is 4.40. The summed E-state index contributed by atoms with van der Waals surface area (Å²) in [6, 6.07) is 6.04. The predicted molar refractivity (Wildman–Crippen MR) is 73.4 cm³/mol. The first-order valence-corrected chi connectivity index (χ1v) is 6.25. The van der Waals surface area contributed by atoms with Gasteiger partial charge in [0, 0.05) is 7.05 Å². The van der Waals surface area contributed by atoms with Crippen LogP contribution >= 0.6 is 12.2 Å². The van der Waals surface area contributed by atoms with Gasteiger partial charge in [0.05, 0.1) is 0 Å². The molecule has 0 aliphatic rings. The molecule has 0 fully saturated rings. The number of H-pyrrole nitrogens is 1. The molecule has 5 heteroatoms. The fraction of sp³-hybridized carbons (Fsp3) is 0.385. The molecule has 1 heterocycles. The lowest BCUT2D eigenvalue weighted by atomic mass is 10.1. The number of ether oxygens (including phenoxy) is 1. The highest BCUT2D eigenvalue weighted by atomic mass is 32.1. The van der Waals surface area contributed by atoms with Gasteiger partial charge in [-0.05, 0) is 50.2 Å². The molecule has 0 aliphatic carbocycles.